The fraction of sp³-hybridized carbons (Fsp3) is 0.808. The number of rotatable bonds is 10. The maximum atomic E-state index is 11.9. The Balaban J connectivity index is 6.04. The minimum Gasteiger partial charge on any atom is -0.463 e. The molecule has 0 aliphatic rings. The molecule has 0 amide bonds. The molecule has 0 aromatic carbocycles. The number of carbonyl (C=O) groups excluding carboxylic acids is 1. The molecule has 0 bridgehead atoms. The fourth-order valence-corrected chi connectivity index (χ4v) is 5.81. The van der Waals surface area contributed by atoms with Gasteiger partial charge in [-0.25, -0.2) is 4.79 Å². The van der Waals surface area contributed by atoms with E-state index in [1.807, 2.05) is 20.8 Å². The molecule has 0 aromatic heterocycles. The topological polar surface area (TPSA) is 44.8 Å². The predicted octanol–water partition coefficient (Wildman–Crippen LogP) is 7.88. The molecule has 0 aliphatic carbocycles. The zero-order valence-corrected chi connectivity index (χ0v) is 25.7. The lowest BCUT2D eigenvalue weighted by molar-refractivity contribution is -0.137. The van der Waals surface area contributed by atoms with Crippen LogP contribution in [0.5, 0.6) is 0 Å². The van der Waals surface area contributed by atoms with E-state index in [2.05, 4.69) is 87.7 Å². The van der Waals surface area contributed by atoms with Crippen LogP contribution in [0.15, 0.2) is 23.3 Å². The van der Waals surface area contributed by atoms with Gasteiger partial charge in [-0.15, -0.1) is 0 Å². The van der Waals surface area contributed by atoms with Gasteiger partial charge in [0.2, 0.25) is 0 Å². The Bertz CT molecular complexity index is 679. The van der Waals surface area contributed by atoms with Gasteiger partial charge in [0.05, 0.1) is 18.8 Å². The number of hydrogen-bond acceptors (Lipinski definition) is 4. The average molecular weight is 485 g/mol. The van der Waals surface area contributed by atoms with Gasteiger partial charge in [-0.05, 0) is 69.5 Å². The second kappa shape index (κ2) is 11.6. The molecule has 0 saturated heterocycles. The quantitative estimate of drug-likeness (QED) is 0.137. The molecule has 0 fully saturated rings. The largest absolute Gasteiger partial charge is 0.463 e. The molecule has 6 heteroatoms. The average Bonchev–Trinajstić information content (AvgIpc) is 2.57. The number of carbonyl (C=O) groups is 1. The lowest BCUT2D eigenvalue weighted by Crippen LogP contribution is -2.52. The van der Waals surface area contributed by atoms with Gasteiger partial charge >= 0.3 is 5.97 Å². The Labute approximate surface area is 201 Å². The van der Waals surface area contributed by atoms with E-state index in [-0.39, 0.29) is 34.2 Å². The Kier molecular flexibility index (Phi) is 11.4. The highest BCUT2D eigenvalue weighted by atomic mass is 28.4. The molecular formula is C26H52O4Si2. The van der Waals surface area contributed by atoms with Crippen LogP contribution < -0.4 is 0 Å². The zero-order valence-electron chi connectivity index (χ0n) is 23.7. The van der Waals surface area contributed by atoms with Crippen LogP contribution in [0, 0.1) is 5.92 Å². The van der Waals surface area contributed by atoms with E-state index in [0.29, 0.717) is 6.61 Å². The second-order valence-electron chi connectivity index (χ2n) is 12.2. The van der Waals surface area contributed by atoms with Crippen LogP contribution in [0.3, 0.4) is 0 Å². The van der Waals surface area contributed by atoms with Crippen LogP contribution in [0.25, 0.3) is 0 Å². The summed E-state index contributed by atoms with van der Waals surface area (Å²) in [6, 6.07) is 0. The van der Waals surface area contributed by atoms with Crippen molar-refractivity contribution in [3.63, 3.8) is 0 Å². The number of allylic oxidation sites excluding steroid dienone is 2. The zero-order chi connectivity index (χ0) is 25.7. The van der Waals surface area contributed by atoms with Crippen molar-refractivity contribution in [2.75, 3.05) is 6.61 Å². The fourth-order valence-electron chi connectivity index (χ4n) is 2.95. The predicted molar refractivity (Wildman–Crippen MR) is 143 cm³/mol. The summed E-state index contributed by atoms with van der Waals surface area (Å²) in [7, 11) is -3.96. The highest BCUT2D eigenvalue weighted by molar-refractivity contribution is 6.74. The van der Waals surface area contributed by atoms with Gasteiger partial charge in [0.1, 0.15) is 0 Å². The highest BCUT2D eigenvalue weighted by Crippen LogP contribution is 2.41. The second-order valence-corrected chi connectivity index (χ2v) is 21.7. The van der Waals surface area contributed by atoms with Crippen LogP contribution in [-0.4, -0.2) is 41.4 Å². The van der Waals surface area contributed by atoms with E-state index in [4.69, 9.17) is 13.6 Å². The number of esters is 1. The van der Waals surface area contributed by atoms with Crippen molar-refractivity contribution >= 4 is 22.6 Å². The Hall–Kier alpha value is -0.696. The Morgan fingerprint density at radius 2 is 1.28 bits per heavy atom. The SMILES string of the molecule is CCOC(=O)/C=C(C)/C(C)=C/[C@H](C)[C@H](O[Si](C)(C)C(C)(C)C)[C@H](C)O[Si](C)(C)C(C)(C)C. The van der Waals surface area contributed by atoms with Crippen LogP contribution in [-0.2, 0) is 18.4 Å². The van der Waals surface area contributed by atoms with E-state index in [0.717, 1.165) is 11.1 Å². The first-order chi connectivity index (χ1) is 14.2. The first-order valence-electron chi connectivity index (χ1n) is 12.1. The lowest BCUT2D eigenvalue weighted by atomic mass is 9.96. The minimum atomic E-state index is -2.01. The van der Waals surface area contributed by atoms with Gasteiger partial charge < -0.3 is 13.6 Å². The Morgan fingerprint density at radius 3 is 1.69 bits per heavy atom. The summed E-state index contributed by atoms with van der Waals surface area (Å²) in [6.45, 7) is 33.4. The maximum absolute atomic E-state index is 11.9. The summed E-state index contributed by atoms with van der Waals surface area (Å²) in [4.78, 5) is 11.9. The third kappa shape index (κ3) is 9.28. The van der Waals surface area contributed by atoms with E-state index in [1.165, 1.54) is 0 Å². The third-order valence-electron chi connectivity index (χ3n) is 7.26. The summed E-state index contributed by atoms with van der Waals surface area (Å²) in [5.41, 5.74) is 1.98. The van der Waals surface area contributed by atoms with Crippen molar-refractivity contribution in [2.45, 2.75) is 125 Å². The van der Waals surface area contributed by atoms with Gasteiger partial charge in [0.25, 0.3) is 0 Å². The van der Waals surface area contributed by atoms with Crippen molar-refractivity contribution in [1.82, 2.24) is 0 Å². The molecule has 0 unspecified atom stereocenters. The first kappa shape index (κ1) is 31.3. The Morgan fingerprint density at radius 1 is 0.844 bits per heavy atom. The van der Waals surface area contributed by atoms with Crippen LogP contribution >= 0.6 is 0 Å². The summed E-state index contributed by atoms with van der Waals surface area (Å²) >= 11 is 0. The summed E-state index contributed by atoms with van der Waals surface area (Å²) in [5.74, 6) is -0.163. The maximum Gasteiger partial charge on any atom is 0.331 e. The monoisotopic (exact) mass is 484 g/mol. The molecule has 0 radical (unpaired) electrons. The van der Waals surface area contributed by atoms with E-state index >= 15 is 0 Å². The van der Waals surface area contributed by atoms with Gasteiger partial charge in [0.15, 0.2) is 16.6 Å². The molecular weight excluding hydrogens is 432 g/mol. The van der Waals surface area contributed by atoms with Crippen LogP contribution in [0.4, 0.5) is 0 Å². The summed E-state index contributed by atoms with van der Waals surface area (Å²) in [6.07, 6.45) is 3.70. The lowest BCUT2D eigenvalue weighted by Gasteiger charge is -2.45. The van der Waals surface area contributed by atoms with Crippen molar-refractivity contribution < 1.29 is 18.4 Å². The summed E-state index contributed by atoms with van der Waals surface area (Å²) in [5, 5.41) is 0.247. The van der Waals surface area contributed by atoms with Gasteiger partial charge in [-0.2, -0.15) is 0 Å². The molecule has 0 N–H and O–H groups in total. The van der Waals surface area contributed by atoms with Gasteiger partial charge in [-0.3, -0.25) is 0 Å². The first-order valence-corrected chi connectivity index (χ1v) is 17.9. The molecule has 4 nitrogen and oxygen atoms in total. The molecule has 0 heterocycles. The summed E-state index contributed by atoms with van der Waals surface area (Å²) < 4.78 is 18.8. The van der Waals surface area contributed by atoms with Gasteiger partial charge in [-0.1, -0.05) is 60.1 Å². The molecule has 32 heavy (non-hydrogen) atoms. The minimum absolute atomic E-state index is 0.0293. The van der Waals surface area contributed by atoms with Crippen molar-refractivity contribution in [3.05, 3.63) is 23.3 Å². The standard InChI is InChI=1S/C26H52O4Si2/c1-16-28-23(27)18-20(3)19(2)17-21(4)24(30-32(14,15)26(9,10)11)22(5)29-31(12,13)25(6,7)8/h17-18,21-22,24H,16H2,1-15H3/b19-17+,20-18+/t21-,22-,24-/m0/s1. The van der Waals surface area contributed by atoms with E-state index < -0.39 is 16.6 Å². The molecule has 0 saturated carbocycles. The molecule has 0 rings (SSSR count). The third-order valence-corrected chi connectivity index (χ3v) is 16.3. The van der Waals surface area contributed by atoms with Crippen LogP contribution in [0.1, 0.15) is 76.2 Å². The molecule has 188 valence electrons. The van der Waals surface area contributed by atoms with Crippen molar-refractivity contribution in [2.24, 2.45) is 5.92 Å². The van der Waals surface area contributed by atoms with E-state index in [1.54, 1.807) is 6.08 Å². The number of ether oxygens (including phenoxy) is 1. The van der Waals surface area contributed by atoms with Gasteiger partial charge in [0, 0.05) is 12.0 Å². The normalized spacial score (nSPS) is 17.7. The van der Waals surface area contributed by atoms with E-state index in [9.17, 15) is 4.79 Å². The number of hydrogen-bond donors (Lipinski definition) is 0. The molecule has 3 atom stereocenters. The van der Waals surface area contributed by atoms with Crippen molar-refractivity contribution in [1.29, 1.82) is 0 Å². The molecule has 0 aliphatic heterocycles. The molecule has 0 spiro atoms. The van der Waals surface area contributed by atoms with Crippen LogP contribution in [0.2, 0.25) is 36.3 Å². The molecule has 0 aromatic rings. The smallest absolute Gasteiger partial charge is 0.331 e. The highest BCUT2D eigenvalue weighted by Gasteiger charge is 2.44. The van der Waals surface area contributed by atoms with Crippen molar-refractivity contribution in [3.8, 4) is 0 Å².